The van der Waals surface area contributed by atoms with Gasteiger partial charge in [0.05, 0.1) is 11.5 Å². The Morgan fingerprint density at radius 1 is 0.867 bits per heavy atom. The summed E-state index contributed by atoms with van der Waals surface area (Å²) in [5, 5.41) is 51.5. The van der Waals surface area contributed by atoms with Gasteiger partial charge in [0.15, 0.2) is 12.4 Å². The van der Waals surface area contributed by atoms with Crippen molar-refractivity contribution in [3.8, 4) is 0 Å². The minimum atomic E-state index is -1.75. The van der Waals surface area contributed by atoms with Crippen LogP contribution in [0.4, 0.5) is 0 Å². The van der Waals surface area contributed by atoms with Crippen molar-refractivity contribution in [2.24, 2.45) is 56.7 Å². The molecule has 9 heteroatoms. The fourth-order valence-electron chi connectivity index (χ4n) is 12.5. The topological polar surface area (TPSA) is 154 Å². The fourth-order valence-corrected chi connectivity index (χ4v) is 12.5. The van der Waals surface area contributed by atoms with E-state index in [0.29, 0.717) is 24.2 Å². The molecule has 1 saturated heterocycles. The number of carbonyl (C=O) groups is 2. The Morgan fingerprint density at radius 3 is 2.20 bits per heavy atom. The van der Waals surface area contributed by atoms with Gasteiger partial charge in [0, 0.05) is 0 Å². The fraction of sp³-hybridized carbons (Fsp3) is 0.889. The van der Waals surface area contributed by atoms with Crippen LogP contribution in [0.2, 0.25) is 0 Å². The molecule has 4 saturated carbocycles. The molecule has 5 fully saturated rings. The summed E-state index contributed by atoms with van der Waals surface area (Å²) in [7, 11) is 0. The maximum absolute atomic E-state index is 13.0. The standard InChI is InChI=1S/C36H56O9/c1-18-10-15-36(31(42)43)17-16-34(6)21-8-9-22-32(3,4)23(44-30-26(39)24(37)25(38)27(45-30)29(40)41)12-13-33(22,5)20(21)11-14-35(34,7)28(36)19(18)2/h8,18-20,22-28,30,37-39H,9-17H2,1-7H3,(H,40,41)(H,42,43). The van der Waals surface area contributed by atoms with E-state index in [-0.39, 0.29) is 39.6 Å². The van der Waals surface area contributed by atoms with Gasteiger partial charge in [0.2, 0.25) is 0 Å². The minimum absolute atomic E-state index is 0.00403. The van der Waals surface area contributed by atoms with Crippen LogP contribution in [0.5, 0.6) is 0 Å². The molecule has 1 aliphatic heterocycles. The molecule has 6 rings (SSSR count). The van der Waals surface area contributed by atoms with Gasteiger partial charge in [-0.2, -0.15) is 0 Å². The van der Waals surface area contributed by atoms with Gasteiger partial charge in [-0.15, -0.1) is 0 Å². The number of aliphatic hydroxyl groups is 3. The number of ether oxygens (including phenoxy) is 2. The lowest BCUT2D eigenvalue weighted by molar-refractivity contribution is -0.320. The molecule has 1 heterocycles. The van der Waals surface area contributed by atoms with Crippen molar-refractivity contribution in [3.63, 3.8) is 0 Å². The Hall–Kier alpha value is -1.52. The highest BCUT2D eigenvalue weighted by Crippen LogP contribution is 2.76. The second kappa shape index (κ2) is 10.7. The van der Waals surface area contributed by atoms with Crippen LogP contribution in [-0.4, -0.2) is 74.3 Å². The molecule has 45 heavy (non-hydrogen) atoms. The normalized spacial score (nSPS) is 54.0. The zero-order chi connectivity index (χ0) is 33.1. The molecule has 5 aliphatic carbocycles. The maximum Gasteiger partial charge on any atom is 0.335 e. The lowest BCUT2D eigenvalue weighted by Gasteiger charge is -2.71. The first-order chi connectivity index (χ1) is 20.9. The Morgan fingerprint density at radius 2 is 1.56 bits per heavy atom. The summed E-state index contributed by atoms with van der Waals surface area (Å²) in [6, 6.07) is 0. The number of aliphatic hydroxyl groups excluding tert-OH is 3. The number of carboxylic acid groups (broad SMARTS) is 2. The highest BCUT2D eigenvalue weighted by molar-refractivity contribution is 5.76. The van der Waals surface area contributed by atoms with Gasteiger partial charge in [-0.05, 0) is 109 Å². The molecule has 15 atom stereocenters. The maximum atomic E-state index is 13.0. The number of hydrogen-bond acceptors (Lipinski definition) is 7. The van der Waals surface area contributed by atoms with Crippen LogP contribution in [0.25, 0.3) is 0 Å². The smallest absolute Gasteiger partial charge is 0.335 e. The summed E-state index contributed by atoms with van der Waals surface area (Å²) < 4.78 is 11.9. The molecule has 0 spiro atoms. The summed E-state index contributed by atoms with van der Waals surface area (Å²) in [4.78, 5) is 24.7. The average Bonchev–Trinajstić information content (AvgIpc) is 2.96. The molecule has 9 nitrogen and oxygen atoms in total. The lowest BCUT2D eigenvalue weighted by Crippen LogP contribution is -2.66. The van der Waals surface area contributed by atoms with Gasteiger partial charge < -0.3 is 35.0 Å². The second-order valence-electron chi connectivity index (χ2n) is 17.3. The van der Waals surface area contributed by atoms with Crippen LogP contribution in [0.1, 0.15) is 106 Å². The Balaban J connectivity index is 1.30. The molecule has 0 aromatic heterocycles. The van der Waals surface area contributed by atoms with E-state index in [1.165, 1.54) is 0 Å². The summed E-state index contributed by atoms with van der Waals surface area (Å²) in [6.45, 7) is 16.3. The molecule has 0 aromatic carbocycles. The van der Waals surface area contributed by atoms with E-state index in [4.69, 9.17) is 9.47 Å². The average molecular weight is 633 g/mol. The van der Waals surface area contributed by atoms with Gasteiger partial charge in [0.1, 0.15) is 18.3 Å². The Bertz CT molecular complexity index is 1250. The number of aliphatic carboxylic acids is 2. The van der Waals surface area contributed by atoms with Gasteiger partial charge in [0.25, 0.3) is 0 Å². The quantitative estimate of drug-likeness (QED) is 0.269. The van der Waals surface area contributed by atoms with Crippen molar-refractivity contribution in [1.29, 1.82) is 0 Å². The van der Waals surface area contributed by atoms with Gasteiger partial charge in [-0.1, -0.05) is 60.1 Å². The van der Waals surface area contributed by atoms with E-state index in [1.54, 1.807) is 5.57 Å². The molecule has 0 radical (unpaired) electrons. The van der Waals surface area contributed by atoms with E-state index < -0.39 is 48.1 Å². The first-order valence-corrected chi connectivity index (χ1v) is 17.4. The Kier molecular flexibility index (Phi) is 7.97. The monoisotopic (exact) mass is 632 g/mol. The van der Waals surface area contributed by atoms with E-state index >= 15 is 0 Å². The number of fused-ring (bicyclic) bond motifs is 7. The van der Waals surface area contributed by atoms with Crippen molar-refractivity contribution in [2.75, 3.05) is 0 Å². The predicted octanol–water partition coefficient (Wildman–Crippen LogP) is 5.01. The third-order valence-electron chi connectivity index (χ3n) is 15.4. The van der Waals surface area contributed by atoms with Crippen molar-refractivity contribution in [2.45, 2.75) is 143 Å². The molecule has 6 aliphatic rings. The molecular weight excluding hydrogens is 576 g/mol. The van der Waals surface area contributed by atoms with Crippen LogP contribution in [0.15, 0.2) is 11.6 Å². The van der Waals surface area contributed by atoms with Crippen LogP contribution < -0.4 is 0 Å². The van der Waals surface area contributed by atoms with E-state index in [0.717, 1.165) is 51.4 Å². The zero-order valence-corrected chi connectivity index (χ0v) is 28.2. The highest BCUT2D eigenvalue weighted by atomic mass is 16.7. The third kappa shape index (κ3) is 4.42. The molecule has 0 aromatic rings. The van der Waals surface area contributed by atoms with Crippen molar-refractivity contribution in [1.82, 2.24) is 0 Å². The molecule has 15 unspecified atom stereocenters. The Labute approximate surface area is 267 Å². The van der Waals surface area contributed by atoms with Gasteiger partial charge in [-0.3, -0.25) is 4.79 Å². The number of rotatable bonds is 4. The third-order valence-corrected chi connectivity index (χ3v) is 15.4. The summed E-state index contributed by atoms with van der Waals surface area (Å²) in [6.07, 6.45) is 2.02. The van der Waals surface area contributed by atoms with Crippen LogP contribution in [0, 0.1) is 56.7 Å². The van der Waals surface area contributed by atoms with Crippen LogP contribution >= 0.6 is 0 Å². The number of carboxylic acids is 2. The molecular formula is C36H56O9. The van der Waals surface area contributed by atoms with Crippen LogP contribution in [-0.2, 0) is 19.1 Å². The van der Waals surface area contributed by atoms with E-state index in [9.17, 15) is 35.1 Å². The SMILES string of the molecule is CC1CCC2(C(=O)O)CCC3(C)C4=CCC5C(C)(C)C(OC6OC(C(=O)O)C(O)C(O)C6O)CCC5(C)C4CCC3(C)C2C1C. The zero-order valence-electron chi connectivity index (χ0n) is 28.2. The van der Waals surface area contributed by atoms with E-state index in [2.05, 4.69) is 54.5 Å². The summed E-state index contributed by atoms with van der Waals surface area (Å²) in [5.74, 6) is -0.359. The van der Waals surface area contributed by atoms with Crippen molar-refractivity contribution < 1.29 is 44.6 Å². The predicted molar refractivity (Wildman–Crippen MR) is 166 cm³/mol. The molecule has 0 bridgehead atoms. The van der Waals surface area contributed by atoms with Crippen molar-refractivity contribution in [3.05, 3.63) is 11.6 Å². The van der Waals surface area contributed by atoms with Crippen molar-refractivity contribution >= 4 is 11.9 Å². The summed E-state index contributed by atoms with van der Waals surface area (Å²) >= 11 is 0. The van der Waals surface area contributed by atoms with E-state index in [1.807, 2.05) is 0 Å². The molecule has 254 valence electrons. The van der Waals surface area contributed by atoms with Gasteiger partial charge in [-0.25, -0.2) is 4.79 Å². The first kappa shape index (κ1) is 33.4. The second-order valence-corrected chi connectivity index (χ2v) is 17.3. The minimum Gasteiger partial charge on any atom is -0.481 e. The number of allylic oxidation sites excluding steroid dienone is 2. The first-order valence-electron chi connectivity index (χ1n) is 17.4. The lowest BCUT2D eigenvalue weighted by atomic mass is 9.33. The molecule has 0 amide bonds. The molecule has 5 N–H and O–H groups in total. The van der Waals surface area contributed by atoms with Crippen LogP contribution in [0.3, 0.4) is 0 Å². The van der Waals surface area contributed by atoms with Gasteiger partial charge >= 0.3 is 11.9 Å². The highest BCUT2D eigenvalue weighted by Gasteiger charge is 2.70. The summed E-state index contributed by atoms with van der Waals surface area (Å²) in [5.41, 5.74) is 0.385. The largest absolute Gasteiger partial charge is 0.481 e. The number of hydrogen-bond donors (Lipinski definition) is 5.